The van der Waals surface area contributed by atoms with E-state index in [9.17, 15) is 23.3 Å². The Kier molecular flexibility index (Phi) is 15.6. The minimum absolute atomic E-state index is 0.0397. The van der Waals surface area contributed by atoms with Gasteiger partial charge in [-0.05, 0) is 54.5 Å². The summed E-state index contributed by atoms with van der Waals surface area (Å²) in [7, 11) is -1.67. The molecule has 1 unspecified atom stereocenters. The van der Waals surface area contributed by atoms with Gasteiger partial charge in [-0.15, -0.1) is 18.3 Å². The van der Waals surface area contributed by atoms with Crippen LogP contribution in [0.4, 0.5) is 5.69 Å². The number of likely N-dealkylation sites (N-methyl/N-ethyl adjacent to an activating group) is 1. The summed E-state index contributed by atoms with van der Waals surface area (Å²) in [5.74, 6) is 0. The van der Waals surface area contributed by atoms with E-state index >= 15 is 0 Å². The van der Waals surface area contributed by atoms with Crippen LogP contribution in [0.2, 0.25) is 5.02 Å². The monoisotopic (exact) mass is 594 g/mol. The van der Waals surface area contributed by atoms with Crippen LogP contribution in [0.5, 0.6) is 0 Å². The SMILES string of the molecule is C=C/C=C(/CC(N)C=O)SC.C=CCNS(=O)(=O)c1ccc(CCN(C)Cc2cc(Cl)ccc2[N+](=O)[O-])cc1. The number of sulfonamides is 1. The number of hydrogen-bond acceptors (Lipinski definition) is 8. The normalized spacial score (nSPS) is 12.3. The standard InChI is InChI=1S/C19H22ClN3O4S.C8H13NOS/c1-3-11-21-28(26,27)18-7-4-15(5-8-18)10-12-22(2)14-16-13-17(20)6-9-19(16)23(24)25;1-3-4-8(11-2)5-7(9)6-10/h3-9,13,21H,1,10-12,14H2,2H3;3-4,6-7H,1,5,9H2,2H3/b;8-4-. The Hall–Kier alpha value is -2.80. The largest absolute Gasteiger partial charge is 0.321 e. The smallest absolute Gasteiger partial charge is 0.273 e. The molecule has 0 amide bonds. The number of hydrogen-bond donors (Lipinski definition) is 2. The summed E-state index contributed by atoms with van der Waals surface area (Å²) >= 11 is 7.55. The maximum atomic E-state index is 12.1. The number of nitro groups is 1. The first-order chi connectivity index (χ1) is 18.5. The first-order valence-corrected chi connectivity index (χ1v) is 14.9. The third-order valence-electron chi connectivity index (χ3n) is 5.29. The van der Waals surface area contributed by atoms with Crippen molar-refractivity contribution in [1.82, 2.24) is 9.62 Å². The number of aldehydes is 1. The minimum Gasteiger partial charge on any atom is -0.321 e. The number of nitrogens with two attached hydrogens (primary N) is 1. The molecule has 0 aromatic heterocycles. The van der Waals surface area contributed by atoms with Gasteiger partial charge in [0.1, 0.15) is 6.29 Å². The molecule has 0 aliphatic carbocycles. The number of nitrogens with one attached hydrogen (secondary N) is 1. The number of allylic oxidation sites excluding steroid dienone is 2. The molecule has 3 N–H and O–H groups in total. The van der Waals surface area contributed by atoms with Crippen molar-refractivity contribution < 1.29 is 18.1 Å². The molecule has 0 bridgehead atoms. The Morgan fingerprint density at radius 1 is 1.26 bits per heavy atom. The van der Waals surface area contributed by atoms with Crippen LogP contribution in [0, 0.1) is 10.1 Å². The van der Waals surface area contributed by atoms with Crippen LogP contribution < -0.4 is 10.5 Å². The Bertz CT molecular complexity index is 1250. The highest BCUT2D eigenvalue weighted by Crippen LogP contribution is 2.24. The third-order valence-corrected chi connectivity index (χ3v) is 7.79. The summed E-state index contributed by atoms with van der Waals surface area (Å²) in [6.07, 6.45) is 9.03. The highest BCUT2D eigenvalue weighted by Gasteiger charge is 2.16. The summed E-state index contributed by atoms with van der Waals surface area (Å²) in [6.45, 7) is 8.25. The number of halogens is 1. The van der Waals surface area contributed by atoms with Crippen molar-refractivity contribution in [3.8, 4) is 0 Å². The quantitative estimate of drug-likeness (QED) is 0.0993. The first-order valence-electron chi connectivity index (χ1n) is 11.8. The molecule has 0 spiro atoms. The minimum atomic E-state index is -3.54. The zero-order valence-corrected chi connectivity index (χ0v) is 24.5. The van der Waals surface area contributed by atoms with Crippen LogP contribution in [-0.2, 0) is 27.8 Å². The van der Waals surface area contributed by atoms with Crippen LogP contribution in [-0.4, -0.2) is 57.0 Å². The summed E-state index contributed by atoms with van der Waals surface area (Å²) in [5, 5.41) is 11.6. The summed E-state index contributed by atoms with van der Waals surface area (Å²) in [6, 6.07) is 10.8. The maximum absolute atomic E-state index is 12.1. The lowest BCUT2D eigenvalue weighted by Gasteiger charge is -2.17. The molecular weight excluding hydrogens is 560 g/mol. The van der Waals surface area contributed by atoms with Crippen molar-refractivity contribution >= 4 is 45.4 Å². The van der Waals surface area contributed by atoms with E-state index in [-0.39, 0.29) is 23.2 Å². The van der Waals surface area contributed by atoms with Crippen LogP contribution in [0.1, 0.15) is 17.5 Å². The van der Waals surface area contributed by atoms with Gasteiger partial charge in [0.2, 0.25) is 10.0 Å². The molecule has 1 atom stereocenters. The Morgan fingerprint density at radius 3 is 2.46 bits per heavy atom. The van der Waals surface area contributed by atoms with E-state index in [1.165, 1.54) is 18.2 Å². The predicted octanol–water partition coefficient (Wildman–Crippen LogP) is 4.72. The number of carbonyl (C=O) groups is 1. The third kappa shape index (κ3) is 12.7. The van der Waals surface area contributed by atoms with E-state index in [0.717, 1.165) is 16.8 Å². The molecule has 0 saturated heterocycles. The lowest BCUT2D eigenvalue weighted by Crippen LogP contribution is -2.23. The van der Waals surface area contributed by atoms with Crippen LogP contribution in [0.3, 0.4) is 0 Å². The van der Waals surface area contributed by atoms with Gasteiger partial charge in [-0.2, -0.15) is 0 Å². The maximum Gasteiger partial charge on any atom is 0.273 e. The van der Waals surface area contributed by atoms with Crippen molar-refractivity contribution in [3.63, 3.8) is 0 Å². The fourth-order valence-electron chi connectivity index (χ4n) is 3.27. The van der Waals surface area contributed by atoms with Gasteiger partial charge < -0.3 is 15.4 Å². The number of carbonyl (C=O) groups excluding carboxylic acids is 1. The van der Waals surface area contributed by atoms with Crippen molar-refractivity contribution in [3.05, 3.63) is 105 Å². The van der Waals surface area contributed by atoms with E-state index in [4.69, 9.17) is 17.3 Å². The molecule has 2 aromatic carbocycles. The topological polar surface area (TPSA) is 136 Å². The average Bonchev–Trinajstić information content (AvgIpc) is 2.91. The van der Waals surface area contributed by atoms with Gasteiger partial charge in [0, 0.05) is 42.7 Å². The highest BCUT2D eigenvalue weighted by molar-refractivity contribution is 8.02. The van der Waals surface area contributed by atoms with Gasteiger partial charge in [0.25, 0.3) is 5.69 Å². The second kappa shape index (κ2) is 17.7. The molecule has 0 saturated carbocycles. The van der Waals surface area contributed by atoms with Crippen LogP contribution in [0.25, 0.3) is 0 Å². The summed E-state index contributed by atoms with van der Waals surface area (Å²) in [5.41, 5.74) is 6.98. The summed E-state index contributed by atoms with van der Waals surface area (Å²) < 4.78 is 26.5. The zero-order valence-electron chi connectivity index (χ0n) is 22.1. The second-order valence-corrected chi connectivity index (χ2v) is 11.5. The highest BCUT2D eigenvalue weighted by atomic mass is 35.5. The average molecular weight is 595 g/mol. The van der Waals surface area contributed by atoms with Crippen molar-refractivity contribution in [1.29, 1.82) is 0 Å². The van der Waals surface area contributed by atoms with Crippen LogP contribution in [0.15, 0.2) is 83.7 Å². The molecule has 0 radical (unpaired) electrons. The molecule has 0 fully saturated rings. The number of benzene rings is 2. The fraction of sp³-hybridized carbons (Fsp3) is 0.296. The number of thioether (sulfide) groups is 1. The van der Waals surface area contributed by atoms with E-state index in [2.05, 4.69) is 17.9 Å². The van der Waals surface area contributed by atoms with Gasteiger partial charge in [-0.3, -0.25) is 10.1 Å². The molecule has 9 nitrogen and oxygen atoms in total. The predicted molar refractivity (Wildman–Crippen MR) is 160 cm³/mol. The van der Waals surface area contributed by atoms with Gasteiger partial charge >= 0.3 is 0 Å². The molecule has 2 aromatic rings. The Morgan fingerprint density at radius 2 is 1.92 bits per heavy atom. The van der Waals surface area contributed by atoms with E-state index in [0.29, 0.717) is 36.5 Å². The molecule has 0 heterocycles. The number of nitro benzene ring substituents is 1. The number of nitrogens with zero attached hydrogens (tertiary/aromatic N) is 2. The molecule has 2 rings (SSSR count). The molecule has 212 valence electrons. The lowest BCUT2D eigenvalue weighted by molar-refractivity contribution is -0.385. The van der Waals surface area contributed by atoms with Gasteiger partial charge in [-0.1, -0.05) is 48.5 Å². The first kappa shape index (κ1) is 34.2. The lowest BCUT2D eigenvalue weighted by atomic mass is 10.1. The molecule has 0 aliphatic rings. The van der Waals surface area contributed by atoms with Crippen molar-refractivity contribution in [2.45, 2.75) is 30.3 Å². The van der Waals surface area contributed by atoms with Crippen LogP contribution >= 0.6 is 23.4 Å². The second-order valence-electron chi connectivity index (χ2n) is 8.38. The van der Waals surface area contributed by atoms with Crippen molar-refractivity contribution in [2.75, 3.05) is 26.4 Å². The molecular formula is C27H35ClN4O5S2. The zero-order chi connectivity index (χ0) is 29.4. The molecule has 39 heavy (non-hydrogen) atoms. The fourth-order valence-corrected chi connectivity index (χ4v) is 5.05. The Balaban J connectivity index is 0.000000584. The van der Waals surface area contributed by atoms with Crippen molar-refractivity contribution in [2.24, 2.45) is 5.73 Å². The molecule has 0 aliphatic heterocycles. The summed E-state index contributed by atoms with van der Waals surface area (Å²) in [4.78, 5) is 24.1. The van der Waals surface area contributed by atoms with Gasteiger partial charge in [0.15, 0.2) is 0 Å². The molecule has 12 heteroatoms. The van der Waals surface area contributed by atoms with Gasteiger partial charge in [0.05, 0.1) is 15.9 Å². The van der Waals surface area contributed by atoms with E-state index < -0.39 is 14.9 Å². The van der Waals surface area contributed by atoms with E-state index in [1.807, 2.05) is 24.3 Å². The number of rotatable bonds is 15. The van der Waals surface area contributed by atoms with Gasteiger partial charge in [-0.25, -0.2) is 13.1 Å². The van der Waals surface area contributed by atoms with E-state index in [1.54, 1.807) is 48.2 Å². The Labute approximate surface area is 240 Å².